The summed E-state index contributed by atoms with van der Waals surface area (Å²) in [6, 6.07) is 6.72. The van der Waals surface area contributed by atoms with Gasteiger partial charge in [0, 0.05) is 6.54 Å². The quantitative estimate of drug-likeness (QED) is 0.850. The van der Waals surface area contributed by atoms with Gasteiger partial charge in [0.25, 0.3) is 5.56 Å². The molecule has 2 N–H and O–H groups in total. The molecule has 0 aliphatic rings. The number of carbonyl (C=O) groups excluding carboxylic acids is 1. The van der Waals surface area contributed by atoms with E-state index in [0.29, 0.717) is 23.4 Å². The van der Waals surface area contributed by atoms with Crippen LogP contribution < -0.4 is 16.6 Å². The average Bonchev–Trinajstić information content (AvgIpc) is 2.41. The molecule has 0 fully saturated rings. The third kappa shape index (κ3) is 2.96. The third-order valence-corrected chi connectivity index (χ3v) is 2.90. The molecule has 20 heavy (non-hydrogen) atoms. The maximum absolute atomic E-state index is 12.2. The second kappa shape index (κ2) is 5.73. The van der Waals surface area contributed by atoms with Crippen molar-refractivity contribution >= 4 is 16.8 Å². The number of aromatic nitrogens is 2. The Morgan fingerprint density at radius 3 is 2.70 bits per heavy atom. The van der Waals surface area contributed by atoms with Gasteiger partial charge in [0.15, 0.2) is 0 Å². The number of fused-ring (bicyclic) bond motifs is 1. The smallest absolute Gasteiger partial charge is 0.329 e. The van der Waals surface area contributed by atoms with Crippen LogP contribution in [0, 0.1) is 5.92 Å². The Morgan fingerprint density at radius 1 is 1.30 bits per heavy atom. The Balaban J connectivity index is 2.33. The van der Waals surface area contributed by atoms with Crippen LogP contribution in [0.5, 0.6) is 0 Å². The van der Waals surface area contributed by atoms with Crippen molar-refractivity contribution in [2.45, 2.75) is 20.4 Å². The van der Waals surface area contributed by atoms with Crippen LogP contribution in [0.1, 0.15) is 13.8 Å². The molecular formula is C14H17N3O3. The summed E-state index contributed by atoms with van der Waals surface area (Å²) in [6.45, 7) is 4.18. The largest absolute Gasteiger partial charge is 0.354 e. The van der Waals surface area contributed by atoms with Crippen LogP contribution >= 0.6 is 0 Å². The SMILES string of the molecule is CC(C)CNC(=O)Cn1c(=O)[nH]c2ccccc2c1=O. The van der Waals surface area contributed by atoms with Crippen molar-refractivity contribution in [2.75, 3.05) is 6.54 Å². The van der Waals surface area contributed by atoms with Gasteiger partial charge < -0.3 is 10.3 Å². The molecule has 2 aromatic rings. The summed E-state index contributed by atoms with van der Waals surface area (Å²) in [5, 5.41) is 3.07. The van der Waals surface area contributed by atoms with Gasteiger partial charge in [-0.15, -0.1) is 0 Å². The third-order valence-electron chi connectivity index (χ3n) is 2.90. The van der Waals surface area contributed by atoms with Crippen molar-refractivity contribution in [1.82, 2.24) is 14.9 Å². The van der Waals surface area contributed by atoms with Gasteiger partial charge in [0.1, 0.15) is 6.54 Å². The number of para-hydroxylation sites is 1. The molecule has 0 spiro atoms. The highest BCUT2D eigenvalue weighted by atomic mass is 16.2. The topological polar surface area (TPSA) is 84.0 Å². The van der Waals surface area contributed by atoms with Crippen LogP contribution in [0.3, 0.4) is 0 Å². The minimum absolute atomic E-state index is 0.272. The average molecular weight is 275 g/mol. The number of amides is 1. The van der Waals surface area contributed by atoms with Gasteiger partial charge >= 0.3 is 5.69 Å². The lowest BCUT2D eigenvalue weighted by Crippen LogP contribution is -2.41. The van der Waals surface area contributed by atoms with Gasteiger partial charge in [-0.1, -0.05) is 26.0 Å². The lowest BCUT2D eigenvalue weighted by Gasteiger charge is -2.09. The fourth-order valence-electron chi connectivity index (χ4n) is 1.86. The zero-order chi connectivity index (χ0) is 14.7. The molecule has 0 atom stereocenters. The molecule has 0 unspecified atom stereocenters. The number of hydrogen-bond acceptors (Lipinski definition) is 3. The molecular weight excluding hydrogens is 258 g/mol. The molecule has 0 radical (unpaired) electrons. The van der Waals surface area contributed by atoms with Crippen LogP contribution in [0.4, 0.5) is 0 Å². The van der Waals surface area contributed by atoms with E-state index in [1.54, 1.807) is 24.3 Å². The number of carbonyl (C=O) groups is 1. The number of hydrogen-bond donors (Lipinski definition) is 2. The van der Waals surface area contributed by atoms with Gasteiger partial charge in [-0.3, -0.25) is 14.2 Å². The predicted octanol–water partition coefficient (Wildman–Crippen LogP) is 0.462. The molecule has 106 valence electrons. The summed E-state index contributed by atoms with van der Waals surface area (Å²) >= 11 is 0. The van der Waals surface area contributed by atoms with Crippen LogP contribution in [0.2, 0.25) is 0 Å². The zero-order valence-corrected chi connectivity index (χ0v) is 11.5. The van der Waals surface area contributed by atoms with E-state index < -0.39 is 11.2 Å². The van der Waals surface area contributed by atoms with Crippen molar-refractivity contribution < 1.29 is 4.79 Å². The van der Waals surface area contributed by atoms with Gasteiger partial charge in [0.05, 0.1) is 10.9 Å². The summed E-state index contributed by atoms with van der Waals surface area (Å²) in [6.07, 6.45) is 0. The Kier molecular flexibility index (Phi) is 4.02. The molecule has 1 aromatic heterocycles. The molecule has 0 aliphatic carbocycles. The first-order valence-electron chi connectivity index (χ1n) is 6.47. The zero-order valence-electron chi connectivity index (χ0n) is 11.5. The first-order chi connectivity index (χ1) is 9.49. The molecule has 1 amide bonds. The number of H-pyrrole nitrogens is 1. The fraction of sp³-hybridized carbons (Fsp3) is 0.357. The van der Waals surface area contributed by atoms with Gasteiger partial charge in [0.2, 0.25) is 5.91 Å². The molecule has 1 aromatic carbocycles. The molecule has 6 nitrogen and oxygen atoms in total. The first kappa shape index (κ1) is 14.0. The highest BCUT2D eigenvalue weighted by Gasteiger charge is 2.10. The van der Waals surface area contributed by atoms with E-state index in [-0.39, 0.29) is 12.5 Å². The Labute approximate surface area is 115 Å². The van der Waals surface area contributed by atoms with E-state index in [2.05, 4.69) is 10.3 Å². The Morgan fingerprint density at radius 2 is 2.00 bits per heavy atom. The summed E-state index contributed by atoms with van der Waals surface area (Å²) < 4.78 is 0.915. The van der Waals surface area contributed by atoms with Crippen LogP contribution in [0.15, 0.2) is 33.9 Å². The number of benzene rings is 1. The van der Waals surface area contributed by atoms with Crippen molar-refractivity contribution in [2.24, 2.45) is 5.92 Å². The lowest BCUT2D eigenvalue weighted by atomic mass is 10.2. The molecule has 0 aliphatic heterocycles. The summed E-state index contributed by atoms with van der Waals surface area (Å²) in [5.41, 5.74) is -0.557. The maximum Gasteiger partial charge on any atom is 0.329 e. The Bertz CT molecular complexity index is 743. The van der Waals surface area contributed by atoms with E-state index in [1.165, 1.54) is 0 Å². The monoisotopic (exact) mass is 275 g/mol. The summed E-state index contributed by atoms with van der Waals surface area (Å²) in [5.74, 6) is -0.0351. The van der Waals surface area contributed by atoms with Crippen LogP contribution in [0.25, 0.3) is 10.9 Å². The van der Waals surface area contributed by atoms with E-state index in [0.717, 1.165) is 4.57 Å². The van der Waals surface area contributed by atoms with Crippen molar-refractivity contribution in [3.63, 3.8) is 0 Å². The van der Waals surface area contributed by atoms with Gasteiger partial charge in [-0.25, -0.2) is 4.79 Å². The van der Waals surface area contributed by atoms with E-state index in [4.69, 9.17) is 0 Å². The summed E-state index contributed by atoms with van der Waals surface area (Å²) in [4.78, 5) is 38.4. The van der Waals surface area contributed by atoms with Crippen LogP contribution in [-0.4, -0.2) is 22.0 Å². The standard InChI is InChI=1S/C14H17N3O3/c1-9(2)7-15-12(18)8-17-13(19)10-5-3-4-6-11(10)16-14(17)20/h3-6,9H,7-8H2,1-2H3,(H,15,18)(H,16,20). The van der Waals surface area contributed by atoms with Crippen LogP contribution in [-0.2, 0) is 11.3 Å². The summed E-state index contributed by atoms with van der Waals surface area (Å²) in [7, 11) is 0. The molecule has 2 rings (SSSR count). The normalized spacial score (nSPS) is 10.9. The number of rotatable bonds is 4. The fourth-order valence-corrected chi connectivity index (χ4v) is 1.86. The van der Waals surface area contributed by atoms with Gasteiger partial charge in [-0.05, 0) is 18.1 Å². The van der Waals surface area contributed by atoms with Crippen molar-refractivity contribution in [3.05, 3.63) is 45.1 Å². The number of nitrogens with zero attached hydrogens (tertiary/aromatic N) is 1. The molecule has 0 bridgehead atoms. The van der Waals surface area contributed by atoms with E-state index >= 15 is 0 Å². The predicted molar refractivity (Wildman–Crippen MR) is 76.7 cm³/mol. The van der Waals surface area contributed by atoms with E-state index in [1.807, 2.05) is 13.8 Å². The molecule has 1 heterocycles. The van der Waals surface area contributed by atoms with Crippen molar-refractivity contribution in [3.8, 4) is 0 Å². The molecule has 0 saturated carbocycles. The number of aromatic amines is 1. The highest BCUT2D eigenvalue weighted by molar-refractivity contribution is 5.78. The second-order valence-electron chi connectivity index (χ2n) is 5.06. The number of nitrogens with one attached hydrogen (secondary N) is 2. The molecule has 0 saturated heterocycles. The first-order valence-corrected chi connectivity index (χ1v) is 6.47. The lowest BCUT2D eigenvalue weighted by molar-refractivity contribution is -0.121. The molecule has 6 heteroatoms. The highest BCUT2D eigenvalue weighted by Crippen LogP contribution is 2.02. The second-order valence-corrected chi connectivity index (χ2v) is 5.06. The maximum atomic E-state index is 12.2. The van der Waals surface area contributed by atoms with Crippen molar-refractivity contribution in [1.29, 1.82) is 0 Å². The Hall–Kier alpha value is -2.37. The minimum atomic E-state index is -0.576. The van der Waals surface area contributed by atoms with Gasteiger partial charge in [-0.2, -0.15) is 0 Å². The van der Waals surface area contributed by atoms with E-state index in [9.17, 15) is 14.4 Å². The minimum Gasteiger partial charge on any atom is -0.354 e.